The van der Waals surface area contributed by atoms with Crippen molar-refractivity contribution in [2.75, 3.05) is 0 Å². The Bertz CT molecular complexity index is 498. The van der Waals surface area contributed by atoms with E-state index in [9.17, 15) is 0 Å². The molecule has 2 nitrogen and oxygen atoms in total. The molecule has 0 aliphatic carbocycles. The van der Waals surface area contributed by atoms with Gasteiger partial charge in [0, 0.05) is 0 Å². The highest BCUT2D eigenvalue weighted by Gasteiger charge is 2.10. The maximum atomic E-state index is 5.89. The number of para-hydroxylation sites is 1. The predicted molar refractivity (Wildman–Crippen MR) is 67.9 cm³/mol. The number of alkyl halides is 1. The van der Waals surface area contributed by atoms with Gasteiger partial charge in [-0.15, -0.1) is 11.6 Å². The summed E-state index contributed by atoms with van der Waals surface area (Å²) in [5, 5.41) is 0.943. The molecule has 2 rings (SSSR count). The van der Waals surface area contributed by atoms with E-state index in [2.05, 4.69) is 4.98 Å². The van der Waals surface area contributed by atoms with Crippen molar-refractivity contribution in [1.29, 1.82) is 0 Å². The number of aryl methyl sites for hydroxylation is 1. The average molecular weight is 274 g/mol. The van der Waals surface area contributed by atoms with E-state index in [0.29, 0.717) is 16.2 Å². The highest BCUT2D eigenvalue weighted by atomic mass is 35.5. The monoisotopic (exact) mass is 273 g/mol. The lowest BCUT2D eigenvalue weighted by Gasteiger charge is -2.03. The van der Waals surface area contributed by atoms with Crippen LogP contribution in [0.4, 0.5) is 0 Å². The summed E-state index contributed by atoms with van der Waals surface area (Å²) in [7, 11) is 0. The molecule has 0 atom stereocenters. The molecule has 0 amide bonds. The van der Waals surface area contributed by atoms with Gasteiger partial charge < -0.3 is 4.74 Å². The van der Waals surface area contributed by atoms with Gasteiger partial charge in [0.15, 0.2) is 0 Å². The predicted octanol–water partition coefficient (Wildman–Crippen LogP) is 4.64. The van der Waals surface area contributed by atoms with Crippen LogP contribution in [0, 0.1) is 6.92 Å². The minimum absolute atomic E-state index is 0.355. The van der Waals surface area contributed by atoms with Crippen LogP contribution in [0.1, 0.15) is 10.4 Å². The van der Waals surface area contributed by atoms with Crippen molar-refractivity contribution in [3.63, 3.8) is 0 Å². The number of rotatable bonds is 3. The van der Waals surface area contributed by atoms with Crippen LogP contribution >= 0.6 is 34.5 Å². The fraction of sp³-hybridized carbons (Fsp3) is 0.182. The summed E-state index contributed by atoms with van der Waals surface area (Å²) in [5.74, 6) is 1.14. The molecule has 0 unspecified atom stereocenters. The van der Waals surface area contributed by atoms with E-state index in [1.54, 1.807) is 0 Å². The Morgan fingerprint density at radius 3 is 2.75 bits per heavy atom. The Hall–Kier alpha value is -0.770. The number of ether oxygens (including phenoxy) is 1. The number of hydrogen-bond donors (Lipinski definition) is 0. The zero-order valence-electron chi connectivity index (χ0n) is 8.54. The topological polar surface area (TPSA) is 22.1 Å². The maximum absolute atomic E-state index is 5.89. The number of nitrogens with zero attached hydrogens (tertiary/aromatic N) is 1. The Kier molecular flexibility index (Phi) is 3.69. The molecule has 0 saturated heterocycles. The molecule has 0 radical (unpaired) electrons. The lowest BCUT2D eigenvalue weighted by atomic mass is 10.2. The molecule has 2 aromatic rings. The Morgan fingerprint density at radius 1 is 1.38 bits per heavy atom. The summed E-state index contributed by atoms with van der Waals surface area (Å²) in [6, 6.07) is 7.75. The van der Waals surface area contributed by atoms with Crippen LogP contribution < -0.4 is 4.74 Å². The van der Waals surface area contributed by atoms with Gasteiger partial charge in [0.2, 0.25) is 0 Å². The van der Waals surface area contributed by atoms with E-state index in [4.69, 9.17) is 27.9 Å². The second kappa shape index (κ2) is 5.04. The van der Waals surface area contributed by atoms with E-state index in [0.717, 1.165) is 16.2 Å². The zero-order chi connectivity index (χ0) is 11.5. The first kappa shape index (κ1) is 11.7. The molecular formula is C11H9Cl2NOS. The first-order valence-corrected chi connectivity index (χ1v) is 6.38. The van der Waals surface area contributed by atoms with Crippen LogP contribution in [-0.4, -0.2) is 4.98 Å². The van der Waals surface area contributed by atoms with Crippen LogP contribution in [0.3, 0.4) is 0 Å². The molecular weight excluding hydrogens is 265 g/mol. The third-order valence-corrected chi connectivity index (χ3v) is 3.83. The summed E-state index contributed by atoms with van der Waals surface area (Å²) in [6.07, 6.45) is 0. The Labute approximate surface area is 108 Å². The molecule has 1 aromatic heterocycles. The van der Waals surface area contributed by atoms with Gasteiger partial charge in [0.25, 0.3) is 5.19 Å². The summed E-state index contributed by atoms with van der Waals surface area (Å²) in [4.78, 5) is 4.92. The summed E-state index contributed by atoms with van der Waals surface area (Å²) >= 11 is 13.0. The van der Waals surface area contributed by atoms with Crippen molar-refractivity contribution >= 4 is 34.5 Å². The summed E-state index contributed by atoms with van der Waals surface area (Å²) in [5.41, 5.74) is 1.06. The number of hydrogen-bond acceptors (Lipinski definition) is 3. The standard InChI is InChI=1S/C11H9Cl2NOS/c1-7-4-2-3-5-8(7)15-11-14-10(13)9(6-12)16-11/h2-5H,6H2,1H3. The molecule has 1 aromatic carbocycles. The first-order valence-electron chi connectivity index (χ1n) is 4.65. The Morgan fingerprint density at radius 2 is 2.12 bits per heavy atom. The Balaban J connectivity index is 2.24. The SMILES string of the molecule is Cc1ccccc1Oc1nc(Cl)c(CCl)s1. The van der Waals surface area contributed by atoms with Crippen LogP contribution in [0.2, 0.25) is 5.15 Å². The van der Waals surface area contributed by atoms with Crippen LogP contribution in [0.15, 0.2) is 24.3 Å². The van der Waals surface area contributed by atoms with Crippen LogP contribution in [0.25, 0.3) is 0 Å². The number of aromatic nitrogens is 1. The van der Waals surface area contributed by atoms with Gasteiger partial charge in [0.1, 0.15) is 10.9 Å². The molecule has 0 N–H and O–H groups in total. The number of halogens is 2. The minimum atomic E-state index is 0.355. The lowest BCUT2D eigenvalue weighted by molar-refractivity contribution is 0.475. The fourth-order valence-electron chi connectivity index (χ4n) is 1.20. The number of benzene rings is 1. The van der Waals surface area contributed by atoms with E-state index >= 15 is 0 Å². The second-order valence-electron chi connectivity index (χ2n) is 3.19. The van der Waals surface area contributed by atoms with Crippen molar-refractivity contribution in [3.8, 4) is 10.9 Å². The second-order valence-corrected chi connectivity index (χ2v) is 4.87. The third-order valence-electron chi connectivity index (χ3n) is 2.04. The van der Waals surface area contributed by atoms with Gasteiger partial charge in [-0.1, -0.05) is 41.1 Å². The van der Waals surface area contributed by atoms with Gasteiger partial charge in [-0.05, 0) is 18.6 Å². The van der Waals surface area contributed by atoms with Crippen LogP contribution in [0.5, 0.6) is 10.9 Å². The molecule has 5 heteroatoms. The van der Waals surface area contributed by atoms with E-state index in [1.165, 1.54) is 11.3 Å². The fourth-order valence-corrected chi connectivity index (χ4v) is 2.54. The van der Waals surface area contributed by atoms with Gasteiger partial charge >= 0.3 is 0 Å². The van der Waals surface area contributed by atoms with Crippen molar-refractivity contribution in [2.45, 2.75) is 12.8 Å². The highest BCUT2D eigenvalue weighted by molar-refractivity contribution is 7.14. The van der Waals surface area contributed by atoms with Crippen molar-refractivity contribution < 1.29 is 4.74 Å². The van der Waals surface area contributed by atoms with Gasteiger partial charge in [-0.2, -0.15) is 4.98 Å². The van der Waals surface area contributed by atoms with E-state index < -0.39 is 0 Å². The lowest BCUT2D eigenvalue weighted by Crippen LogP contribution is -1.85. The first-order chi connectivity index (χ1) is 7.70. The summed E-state index contributed by atoms with van der Waals surface area (Å²) in [6.45, 7) is 1.98. The maximum Gasteiger partial charge on any atom is 0.280 e. The summed E-state index contributed by atoms with van der Waals surface area (Å²) < 4.78 is 5.64. The quantitative estimate of drug-likeness (QED) is 0.761. The zero-order valence-corrected chi connectivity index (χ0v) is 10.9. The van der Waals surface area contributed by atoms with Crippen molar-refractivity contribution in [2.24, 2.45) is 0 Å². The minimum Gasteiger partial charge on any atom is -0.431 e. The van der Waals surface area contributed by atoms with E-state index in [-0.39, 0.29) is 0 Å². The van der Waals surface area contributed by atoms with Gasteiger partial charge in [-0.3, -0.25) is 0 Å². The van der Waals surface area contributed by atoms with E-state index in [1.807, 2.05) is 31.2 Å². The van der Waals surface area contributed by atoms with Crippen molar-refractivity contribution in [3.05, 3.63) is 39.9 Å². The molecule has 16 heavy (non-hydrogen) atoms. The van der Waals surface area contributed by atoms with Gasteiger partial charge in [-0.25, -0.2) is 0 Å². The molecule has 84 valence electrons. The molecule has 0 bridgehead atoms. The smallest absolute Gasteiger partial charge is 0.280 e. The van der Waals surface area contributed by atoms with Crippen LogP contribution in [-0.2, 0) is 5.88 Å². The molecule has 0 aliphatic heterocycles. The average Bonchev–Trinajstić information content (AvgIpc) is 2.62. The molecule has 1 heterocycles. The largest absolute Gasteiger partial charge is 0.431 e. The molecule has 0 saturated carbocycles. The molecule has 0 fully saturated rings. The highest BCUT2D eigenvalue weighted by Crippen LogP contribution is 2.33. The number of thiazole rings is 1. The van der Waals surface area contributed by atoms with Gasteiger partial charge in [0.05, 0.1) is 10.8 Å². The normalized spacial score (nSPS) is 10.4. The molecule has 0 spiro atoms. The van der Waals surface area contributed by atoms with Crippen molar-refractivity contribution in [1.82, 2.24) is 4.98 Å². The molecule has 0 aliphatic rings. The third kappa shape index (κ3) is 2.48.